The highest BCUT2D eigenvalue weighted by Gasteiger charge is 2.15. The summed E-state index contributed by atoms with van der Waals surface area (Å²) in [6.07, 6.45) is 0.940. The average molecular weight is 300 g/mol. The van der Waals surface area contributed by atoms with E-state index in [0.29, 0.717) is 18.9 Å². The number of rotatable bonds is 7. The van der Waals surface area contributed by atoms with Crippen LogP contribution in [0.3, 0.4) is 0 Å². The van der Waals surface area contributed by atoms with E-state index in [1.54, 1.807) is 26.0 Å². The lowest BCUT2D eigenvalue weighted by Gasteiger charge is -2.19. The highest BCUT2D eigenvalue weighted by atomic mass is 35.5. The molecule has 0 fully saturated rings. The average Bonchev–Trinajstić information content (AvgIpc) is 2.44. The van der Waals surface area contributed by atoms with E-state index in [1.807, 2.05) is 18.2 Å². The van der Waals surface area contributed by atoms with Crippen molar-refractivity contribution >= 4 is 17.5 Å². The first kappa shape index (κ1) is 16.6. The molecule has 4 nitrogen and oxygen atoms in total. The van der Waals surface area contributed by atoms with Gasteiger partial charge in [0, 0.05) is 13.6 Å². The molecule has 0 heterocycles. The van der Waals surface area contributed by atoms with Crippen LogP contribution in [-0.4, -0.2) is 36.9 Å². The summed E-state index contributed by atoms with van der Waals surface area (Å²) >= 11 is 5.79. The van der Waals surface area contributed by atoms with Crippen LogP contribution in [0.1, 0.15) is 25.8 Å². The Balaban J connectivity index is 2.79. The molecule has 1 unspecified atom stereocenters. The second kappa shape index (κ2) is 8.00. The molecule has 0 N–H and O–H groups in total. The molecule has 1 aromatic rings. The minimum Gasteiger partial charge on any atom is -0.493 e. The third-order valence-electron chi connectivity index (χ3n) is 2.83. The molecule has 0 aromatic heterocycles. The predicted molar refractivity (Wildman–Crippen MR) is 80.6 cm³/mol. The molecule has 0 saturated carbocycles. The molecular formula is C15H22ClNO3. The number of amides is 1. The van der Waals surface area contributed by atoms with E-state index < -0.39 is 5.38 Å². The van der Waals surface area contributed by atoms with Gasteiger partial charge >= 0.3 is 0 Å². The monoisotopic (exact) mass is 299 g/mol. The van der Waals surface area contributed by atoms with Crippen molar-refractivity contribution in [3.8, 4) is 11.5 Å². The Bertz CT molecular complexity index is 449. The molecule has 1 aromatic carbocycles. The Morgan fingerprint density at radius 1 is 1.40 bits per heavy atom. The Morgan fingerprint density at radius 3 is 2.65 bits per heavy atom. The maximum Gasteiger partial charge on any atom is 0.240 e. The van der Waals surface area contributed by atoms with Gasteiger partial charge in [0.05, 0.1) is 13.7 Å². The van der Waals surface area contributed by atoms with Crippen molar-refractivity contribution in [2.75, 3.05) is 20.8 Å². The molecular weight excluding hydrogens is 278 g/mol. The van der Waals surface area contributed by atoms with Crippen LogP contribution in [0.5, 0.6) is 11.5 Å². The summed E-state index contributed by atoms with van der Waals surface area (Å²) in [5.74, 6) is 1.30. The highest BCUT2D eigenvalue weighted by Crippen LogP contribution is 2.28. The van der Waals surface area contributed by atoms with Crippen molar-refractivity contribution in [2.24, 2.45) is 0 Å². The number of ether oxygens (including phenoxy) is 2. The van der Waals surface area contributed by atoms with Gasteiger partial charge in [0.25, 0.3) is 0 Å². The summed E-state index contributed by atoms with van der Waals surface area (Å²) in [5, 5.41) is -0.519. The van der Waals surface area contributed by atoms with Crippen molar-refractivity contribution < 1.29 is 14.3 Å². The number of carbonyl (C=O) groups excluding carboxylic acids is 1. The Labute approximate surface area is 125 Å². The van der Waals surface area contributed by atoms with Crippen LogP contribution in [0.2, 0.25) is 0 Å². The van der Waals surface area contributed by atoms with Gasteiger partial charge in [-0.05, 0) is 31.0 Å². The second-order valence-electron chi connectivity index (χ2n) is 4.64. The smallest absolute Gasteiger partial charge is 0.240 e. The van der Waals surface area contributed by atoms with Gasteiger partial charge in [-0.25, -0.2) is 0 Å². The lowest BCUT2D eigenvalue weighted by molar-refractivity contribution is -0.129. The van der Waals surface area contributed by atoms with Crippen molar-refractivity contribution in [3.05, 3.63) is 23.8 Å². The van der Waals surface area contributed by atoms with Gasteiger partial charge in [0.1, 0.15) is 5.38 Å². The number of hydrogen-bond donors (Lipinski definition) is 0. The van der Waals surface area contributed by atoms with Gasteiger partial charge in [0.2, 0.25) is 5.91 Å². The Hall–Kier alpha value is -1.42. The SMILES string of the molecule is CCCOc1ccc(CN(C)C(=O)C(C)Cl)cc1OC. The molecule has 112 valence electrons. The van der Waals surface area contributed by atoms with E-state index in [0.717, 1.165) is 17.7 Å². The zero-order valence-electron chi connectivity index (χ0n) is 12.5. The molecule has 0 aliphatic carbocycles. The molecule has 1 amide bonds. The maximum atomic E-state index is 11.7. The number of halogens is 1. The predicted octanol–water partition coefficient (Wildman–Crippen LogP) is 3.07. The highest BCUT2D eigenvalue weighted by molar-refractivity contribution is 6.30. The largest absolute Gasteiger partial charge is 0.493 e. The first-order valence-electron chi connectivity index (χ1n) is 6.68. The minimum absolute atomic E-state index is 0.100. The minimum atomic E-state index is -0.519. The summed E-state index contributed by atoms with van der Waals surface area (Å²) in [6.45, 7) is 4.86. The summed E-state index contributed by atoms with van der Waals surface area (Å²) < 4.78 is 10.9. The first-order chi connectivity index (χ1) is 9.49. The Kier molecular flexibility index (Phi) is 6.65. The van der Waals surface area contributed by atoms with E-state index in [2.05, 4.69) is 6.92 Å². The maximum absolute atomic E-state index is 11.7. The van der Waals surface area contributed by atoms with E-state index in [4.69, 9.17) is 21.1 Å². The number of hydrogen-bond acceptors (Lipinski definition) is 3. The zero-order valence-corrected chi connectivity index (χ0v) is 13.2. The number of benzene rings is 1. The van der Waals surface area contributed by atoms with Crippen molar-refractivity contribution in [3.63, 3.8) is 0 Å². The van der Waals surface area contributed by atoms with Gasteiger partial charge in [-0.15, -0.1) is 11.6 Å². The fourth-order valence-electron chi connectivity index (χ4n) is 1.80. The number of alkyl halides is 1. The van der Waals surface area contributed by atoms with Crippen LogP contribution < -0.4 is 9.47 Å². The summed E-state index contributed by atoms with van der Waals surface area (Å²) in [6, 6.07) is 5.68. The first-order valence-corrected chi connectivity index (χ1v) is 7.12. The summed E-state index contributed by atoms with van der Waals surface area (Å²) in [5.41, 5.74) is 0.971. The molecule has 1 atom stereocenters. The van der Waals surface area contributed by atoms with Gasteiger partial charge in [-0.1, -0.05) is 13.0 Å². The second-order valence-corrected chi connectivity index (χ2v) is 5.30. The summed E-state index contributed by atoms with van der Waals surface area (Å²) in [4.78, 5) is 13.3. The lowest BCUT2D eigenvalue weighted by atomic mass is 10.2. The van der Waals surface area contributed by atoms with Gasteiger partial charge in [0.15, 0.2) is 11.5 Å². The normalized spacial score (nSPS) is 11.8. The molecule has 0 radical (unpaired) electrons. The van der Waals surface area contributed by atoms with Crippen molar-refractivity contribution in [2.45, 2.75) is 32.2 Å². The molecule has 20 heavy (non-hydrogen) atoms. The van der Waals surface area contributed by atoms with Gasteiger partial charge in [-0.2, -0.15) is 0 Å². The van der Waals surface area contributed by atoms with Gasteiger partial charge in [-0.3, -0.25) is 4.79 Å². The molecule has 0 aliphatic heterocycles. The van der Waals surface area contributed by atoms with E-state index in [1.165, 1.54) is 0 Å². The van der Waals surface area contributed by atoms with E-state index in [-0.39, 0.29) is 5.91 Å². The number of methoxy groups -OCH3 is 1. The van der Waals surface area contributed by atoms with Crippen LogP contribution >= 0.6 is 11.6 Å². The van der Waals surface area contributed by atoms with Gasteiger partial charge < -0.3 is 14.4 Å². The van der Waals surface area contributed by atoms with Crippen LogP contribution in [0.4, 0.5) is 0 Å². The van der Waals surface area contributed by atoms with Crippen molar-refractivity contribution in [1.82, 2.24) is 4.90 Å². The lowest BCUT2D eigenvalue weighted by Crippen LogP contribution is -2.31. The van der Waals surface area contributed by atoms with Crippen LogP contribution in [0, 0.1) is 0 Å². The summed E-state index contributed by atoms with van der Waals surface area (Å²) in [7, 11) is 3.34. The number of carbonyl (C=O) groups is 1. The van der Waals surface area contributed by atoms with E-state index >= 15 is 0 Å². The third kappa shape index (κ3) is 4.60. The molecule has 0 spiro atoms. The van der Waals surface area contributed by atoms with Crippen LogP contribution in [0.15, 0.2) is 18.2 Å². The Morgan fingerprint density at radius 2 is 2.10 bits per heavy atom. The molecule has 0 aliphatic rings. The fourth-order valence-corrected chi connectivity index (χ4v) is 1.96. The quantitative estimate of drug-likeness (QED) is 0.726. The molecule has 5 heteroatoms. The van der Waals surface area contributed by atoms with Crippen LogP contribution in [0.25, 0.3) is 0 Å². The third-order valence-corrected chi connectivity index (χ3v) is 3.01. The number of nitrogens with zero attached hydrogens (tertiary/aromatic N) is 1. The fraction of sp³-hybridized carbons (Fsp3) is 0.533. The topological polar surface area (TPSA) is 38.8 Å². The standard InChI is InChI=1S/C15H22ClNO3/c1-5-8-20-13-7-6-12(9-14(13)19-4)10-17(3)15(18)11(2)16/h6-7,9,11H,5,8,10H2,1-4H3. The van der Waals surface area contributed by atoms with Crippen molar-refractivity contribution in [1.29, 1.82) is 0 Å². The van der Waals surface area contributed by atoms with E-state index in [9.17, 15) is 4.79 Å². The molecule has 1 rings (SSSR count). The van der Waals surface area contributed by atoms with Crippen LogP contribution in [-0.2, 0) is 11.3 Å². The molecule has 0 saturated heterocycles. The zero-order chi connectivity index (χ0) is 15.1. The molecule has 0 bridgehead atoms.